The first-order chi connectivity index (χ1) is 11.1. The number of benzene rings is 1. The molecule has 1 saturated heterocycles. The van der Waals surface area contributed by atoms with E-state index < -0.39 is 0 Å². The number of nitrogens with zero attached hydrogens (tertiary/aromatic N) is 2. The lowest BCUT2D eigenvalue weighted by atomic mass is 10.1. The van der Waals surface area contributed by atoms with E-state index in [2.05, 4.69) is 26.8 Å². The van der Waals surface area contributed by atoms with Crippen LogP contribution in [0.2, 0.25) is 0 Å². The predicted molar refractivity (Wildman–Crippen MR) is 89.0 cm³/mol. The summed E-state index contributed by atoms with van der Waals surface area (Å²) in [5.74, 6) is 1.40. The second-order valence-corrected chi connectivity index (χ2v) is 6.59. The van der Waals surface area contributed by atoms with Crippen molar-refractivity contribution in [3.8, 4) is 0 Å². The van der Waals surface area contributed by atoms with Gasteiger partial charge in [-0.25, -0.2) is 9.37 Å². The zero-order valence-corrected chi connectivity index (χ0v) is 13.5. The maximum atomic E-state index is 13.4. The highest BCUT2D eigenvalue weighted by atomic mass is 19.1. The number of aromatic nitrogens is 3. The lowest BCUT2D eigenvalue weighted by Crippen LogP contribution is -2.20. The standard InChI is InChI=1S/C18H21FN4/c1-11-8-20-18(21-11)13-5-6-23(9-13)10-17-12(2)15-7-14(19)3-4-16(15)22-17/h3-4,7-8,13,22H,5-6,9-10H2,1-2H3,(H,20,21). The van der Waals surface area contributed by atoms with Gasteiger partial charge in [-0.05, 0) is 50.6 Å². The smallest absolute Gasteiger partial charge is 0.123 e. The number of halogens is 1. The van der Waals surface area contributed by atoms with E-state index >= 15 is 0 Å². The van der Waals surface area contributed by atoms with E-state index in [0.717, 1.165) is 54.0 Å². The Bertz CT molecular complexity index is 848. The quantitative estimate of drug-likeness (QED) is 0.776. The fourth-order valence-corrected chi connectivity index (χ4v) is 3.58. The van der Waals surface area contributed by atoms with Crippen molar-refractivity contribution >= 4 is 10.9 Å². The average Bonchev–Trinajstić information content (AvgIpc) is 3.22. The molecule has 23 heavy (non-hydrogen) atoms. The van der Waals surface area contributed by atoms with Crippen molar-refractivity contribution in [2.45, 2.75) is 32.7 Å². The van der Waals surface area contributed by atoms with Gasteiger partial charge in [0.15, 0.2) is 0 Å². The third-order valence-corrected chi connectivity index (χ3v) is 4.89. The molecule has 0 spiro atoms. The molecule has 1 aromatic carbocycles. The van der Waals surface area contributed by atoms with E-state index in [-0.39, 0.29) is 5.82 Å². The molecule has 0 amide bonds. The summed E-state index contributed by atoms with van der Waals surface area (Å²) in [6.45, 7) is 7.05. The molecule has 0 aliphatic carbocycles. The number of rotatable bonds is 3. The molecular formula is C18H21FN4. The second kappa shape index (κ2) is 5.49. The molecule has 5 heteroatoms. The number of H-pyrrole nitrogens is 2. The van der Waals surface area contributed by atoms with Crippen LogP contribution in [0, 0.1) is 19.7 Å². The Morgan fingerprint density at radius 3 is 2.96 bits per heavy atom. The van der Waals surface area contributed by atoms with Gasteiger partial charge in [-0.15, -0.1) is 0 Å². The van der Waals surface area contributed by atoms with Crippen LogP contribution in [0.1, 0.15) is 35.1 Å². The Morgan fingerprint density at radius 2 is 2.17 bits per heavy atom. The van der Waals surface area contributed by atoms with Gasteiger partial charge in [0.1, 0.15) is 11.6 Å². The fourth-order valence-electron chi connectivity index (χ4n) is 3.58. The number of likely N-dealkylation sites (tertiary alicyclic amines) is 1. The van der Waals surface area contributed by atoms with Gasteiger partial charge >= 0.3 is 0 Å². The Kier molecular flexibility index (Phi) is 3.45. The number of aromatic amines is 2. The number of fused-ring (bicyclic) bond motifs is 1. The molecular weight excluding hydrogens is 291 g/mol. The molecule has 1 unspecified atom stereocenters. The molecule has 1 atom stereocenters. The third-order valence-electron chi connectivity index (χ3n) is 4.89. The number of aryl methyl sites for hydroxylation is 2. The van der Waals surface area contributed by atoms with Crippen LogP contribution in [-0.2, 0) is 6.54 Å². The zero-order valence-electron chi connectivity index (χ0n) is 13.5. The minimum absolute atomic E-state index is 0.180. The van der Waals surface area contributed by atoms with Gasteiger partial charge in [-0.1, -0.05) is 0 Å². The molecule has 1 aliphatic heterocycles. The van der Waals surface area contributed by atoms with Crippen LogP contribution in [-0.4, -0.2) is 32.9 Å². The van der Waals surface area contributed by atoms with E-state index in [1.165, 1.54) is 11.8 Å². The Labute approximate surface area is 134 Å². The van der Waals surface area contributed by atoms with E-state index in [1.54, 1.807) is 6.07 Å². The summed E-state index contributed by atoms with van der Waals surface area (Å²) in [6, 6.07) is 4.94. The lowest BCUT2D eigenvalue weighted by molar-refractivity contribution is 0.322. The first kappa shape index (κ1) is 14.5. The first-order valence-electron chi connectivity index (χ1n) is 8.10. The van der Waals surface area contributed by atoms with Crippen LogP contribution in [0.3, 0.4) is 0 Å². The van der Waals surface area contributed by atoms with Gasteiger partial charge in [0, 0.05) is 47.5 Å². The van der Waals surface area contributed by atoms with Gasteiger partial charge in [-0.3, -0.25) is 4.90 Å². The molecule has 0 bridgehead atoms. The normalized spacial score (nSPS) is 19.0. The summed E-state index contributed by atoms with van der Waals surface area (Å²) < 4.78 is 13.4. The summed E-state index contributed by atoms with van der Waals surface area (Å²) in [5, 5.41) is 0.984. The molecule has 4 nitrogen and oxygen atoms in total. The van der Waals surface area contributed by atoms with Crippen LogP contribution in [0.4, 0.5) is 4.39 Å². The Morgan fingerprint density at radius 1 is 1.30 bits per heavy atom. The van der Waals surface area contributed by atoms with Crippen LogP contribution in [0.15, 0.2) is 24.4 Å². The SMILES string of the molecule is Cc1cnc(C2CCN(Cc3[nH]c4ccc(F)cc4c3C)C2)[nH]1. The van der Waals surface area contributed by atoms with E-state index in [1.807, 2.05) is 19.2 Å². The lowest BCUT2D eigenvalue weighted by Gasteiger charge is -2.15. The number of hydrogen-bond donors (Lipinski definition) is 2. The van der Waals surface area contributed by atoms with Gasteiger partial charge in [0.25, 0.3) is 0 Å². The summed E-state index contributed by atoms with van der Waals surface area (Å²) in [7, 11) is 0. The molecule has 2 N–H and O–H groups in total. The van der Waals surface area contributed by atoms with Crippen molar-refractivity contribution in [2.24, 2.45) is 0 Å². The summed E-state index contributed by atoms with van der Waals surface area (Å²) >= 11 is 0. The highest BCUT2D eigenvalue weighted by Gasteiger charge is 2.26. The van der Waals surface area contributed by atoms with Crippen LogP contribution < -0.4 is 0 Å². The second-order valence-electron chi connectivity index (χ2n) is 6.59. The first-order valence-corrected chi connectivity index (χ1v) is 8.10. The monoisotopic (exact) mass is 312 g/mol. The molecule has 0 saturated carbocycles. The summed E-state index contributed by atoms with van der Waals surface area (Å²) in [5.41, 5.74) is 4.46. The molecule has 0 radical (unpaired) electrons. The topological polar surface area (TPSA) is 47.7 Å². The Balaban J connectivity index is 1.52. The largest absolute Gasteiger partial charge is 0.357 e. The highest BCUT2D eigenvalue weighted by molar-refractivity contribution is 5.84. The van der Waals surface area contributed by atoms with E-state index in [9.17, 15) is 4.39 Å². The predicted octanol–water partition coefficient (Wildman–Crippen LogP) is 3.64. The van der Waals surface area contributed by atoms with Crippen LogP contribution in [0.25, 0.3) is 10.9 Å². The van der Waals surface area contributed by atoms with Crippen molar-refractivity contribution in [3.63, 3.8) is 0 Å². The maximum absolute atomic E-state index is 13.4. The van der Waals surface area contributed by atoms with Gasteiger partial charge in [0.05, 0.1) is 0 Å². The van der Waals surface area contributed by atoms with Gasteiger partial charge < -0.3 is 9.97 Å². The van der Waals surface area contributed by atoms with Crippen molar-refractivity contribution < 1.29 is 4.39 Å². The number of nitrogens with one attached hydrogen (secondary N) is 2. The van der Waals surface area contributed by atoms with E-state index in [0.29, 0.717) is 5.92 Å². The van der Waals surface area contributed by atoms with E-state index in [4.69, 9.17) is 0 Å². The molecule has 2 aromatic heterocycles. The Hall–Kier alpha value is -2.14. The van der Waals surface area contributed by atoms with Gasteiger partial charge in [-0.2, -0.15) is 0 Å². The fraction of sp³-hybridized carbons (Fsp3) is 0.389. The molecule has 3 heterocycles. The molecule has 1 fully saturated rings. The minimum atomic E-state index is -0.180. The molecule has 1 aliphatic rings. The van der Waals surface area contributed by atoms with Crippen LogP contribution >= 0.6 is 0 Å². The number of imidazole rings is 1. The molecule has 120 valence electrons. The molecule has 4 rings (SSSR count). The number of hydrogen-bond acceptors (Lipinski definition) is 2. The van der Waals surface area contributed by atoms with Crippen molar-refractivity contribution in [3.05, 3.63) is 53.0 Å². The molecule has 3 aromatic rings. The van der Waals surface area contributed by atoms with Crippen molar-refractivity contribution in [1.82, 2.24) is 19.9 Å². The zero-order chi connectivity index (χ0) is 16.0. The van der Waals surface area contributed by atoms with Crippen molar-refractivity contribution in [1.29, 1.82) is 0 Å². The third kappa shape index (κ3) is 2.65. The summed E-state index contributed by atoms with van der Waals surface area (Å²) in [6.07, 6.45) is 3.02. The maximum Gasteiger partial charge on any atom is 0.123 e. The van der Waals surface area contributed by atoms with Crippen LogP contribution in [0.5, 0.6) is 0 Å². The average molecular weight is 312 g/mol. The van der Waals surface area contributed by atoms with Crippen molar-refractivity contribution in [2.75, 3.05) is 13.1 Å². The minimum Gasteiger partial charge on any atom is -0.357 e. The summed E-state index contributed by atoms with van der Waals surface area (Å²) in [4.78, 5) is 13.7. The highest BCUT2D eigenvalue weighted by Crippen LogP contribution is 2.28. The van der Waals surface area contributed by atoms with Gasteiger partial charge in [0.2, 0.25) is 0 Å².